The van der Waals surface area contributed by atoms with Crippen LogP contribution >= 0.6 is 0 Å². The molecule has 6 heteroatoms. The van der Waals surface area contributed by atoms with Crippen LogP contribution in [0.4, 0.5) is 4.39 Å². The lowest BCUT2D eigenvalue weighted by Gasteiger charge is -2.29. The Hall–Kier alpha value is -2.18. The summed E-state index contributed by atoms with van der Waals surface area (Å²) in [6, 6.07) is 8.61. The standard InChI is InChI=1S/C22H25FN2O3/c1-14-6-8-27-20(14)21(26)24-10-17-18-12-25(11-15-3-2-4-16(23)9-15)13-22(18)7-5-19(17)28-22/h2-4,6,8-9,17-19H,5,7,10-13H2,1H3,(H,24,26)/t17-,18+,19+,22+/m0/s1. The van der Waals surface area contributed by atoms with Crippen LogP contribution in [0, 0.1) is 24.6 Å². The van der Waals surface area contributed by atoms with E-state index < -0.39 is 0 Å². The number of rotatable bonds is 5. The number of hydrogen-bond acceptors (Lipinski definition) is 4. The van der Waals surface area contributed by atoms with Crippen molar-refractivity contribution >= 4 is 5.91 Å². The van der Waals surface area contributed by atoms with Gasteiger partial charge in [0.1, 0.15) is 5.82 Å². The number of fused-ring (bicyclic) bond motifs is 1. The Balaban J connectivity index is 1.26. The van der Waals surface area contributed by atoms with Crippen LogP contribution in [0.3, 0.4) is 0 Å². The molecule has 4 atom stereocenters. The van der Waals surface area contributed by atoms with Gasteiger partial charge in [-0.25, -0.2) is 4.39 Å². The summed E-state index contributed by atoms with van der Waals surface area (Å²) < 4.78 is 25.3. The Morgan fingerprint density at radius 3 is 3.07 bits per heavy atom. The Kier molecular flexibility index (Phi) is 4.29. The third kappa shape index (κ3) is 2.95. The highest BCUT2D eigenvalue weighted by Crippen LogP contribution is 2.54. The summed E-state index contributed by atoms with van der Waals surface area (Å²) in [6.07, 6.45) is 3.88. The van der Waals surface area contributed by atoms with E-state index in [-0.39, 0.29) is 23.4 Å². The molecule has 1 N–H and O–H groups in total. The first kappa shape index (κ1) is 17.9. The smallest absolute Gasteiger partial charge is 0.287 e. The van der Waals surface area contributed by atoms with Gasteiger partial charge in [-0.2, -0.15) is 0 Å². The van der Waals surface area contributed by atoms with Gasteiger partial charge in [-0.05, 0) is 43.5 Å². The topological polar surface area (TPSA) is 54.7 Å². The van der Waals surface area contributed by atoms with Crippen LogP contribution in [0.15, 0.2) is 41.0 Å². The third-order valence-corrected chi connectivity index (χ3v) is 6.72. The van der Waals surface area contributed by atoms with Crippen LogP contribution in [0.1, 0.15) is 34.5 Å². The molecule has 2 bridgehead atoms. The van der Waals surface area contributed by atoms with Crippen LogP contribution in [-0.4, -0.2) is 42.1 Å². The SMILES string of the molecule is Cc1ccoc1C(=O)NC[C@H]1[C@H]2CN(Cc3cccc(F)c3)C[C@]23CC[C@H]1O3. The average molecular weight is 384 g/mol. The fraction of sp³-hybridized carbons (Fsp3) is 0.500. The zero-order valence-electron chi connectivity index (χ0n) is 16.0. The van der Waals surface area contributed by atoms with E-state index >= 15 is 0 Å². The van der Waals surface area contributed by atoms with E-state index in [1.807, 2.05) is 13.0 Å². The number of furan rings is 1. The lowest BCUT2D eigenvalue weighted by molar-refractivity contribution is 0.00211. The molecule has 2 aromatic rings. The van der Waals surface area contributed by atoms with Crippen molar-refractivity contribution in [3.63, 3.8) is 0 Å². The maximum absolute atomic E-state index is 13.5. The molecule has 148 valence electrons. The molecule has 28 heavy (non-hydrogen) atoms. The lowest BCUT2D eigenvalue weighted by Crippen LogP contribution is -2.41. The minimum absolute atomic E-state index is 0.103. The highest BCUT2D eigenvalue weighted by molar-refractivity contribution is 5.92. The number of nitrogens with zero attached hydrogens (tertiary/aromatic N) is 1. The molecule has 1 aromatic carbocycles. The van der Waals surface area contributed by atoms with Gasteiger partial charge in [0.25, 0.3) is 5.91 Å². The first-order valence-corrected chi connectivity index (χ1v) is 10.0. The molecule has 1 amide bonds. The number of likely N-dealkylation sites (tertiary alicyclic amines) is 1. The Morgan fingerprint density at radius 2 is 2.29 bits per heavy atom. The van der Waals surface area contributed by atoms with E-state index in [0.717, 1.165) is 43.6 Å². The number of halogens is 1. The number of carbonyl (C=O) groups is 1. The van der Waals surface area contributed by atoms with Crippen LogP contribution in [0.5, 0.6) is 0 Å². The Labute approximate surface area is 163 Å². The average Bonchev–Trinajstić information content (AvgIpc) is 3.40. The summed E-state index contributed by atoms with van der Waals surface area (Å²) in [5, 5.41) is 3.05. The van der Waals surface area contributed by atoms with Gasteiger partial charge >= 0.3 is 0 Å². The van der Waals surface area contributed by atoms with Crippen molar-refractivity contribution < 1.29 is 18.3 Å². The first-order valence-electron chi connectivity index (χ1n) is 10.0. The highest BCUT2D eigenvalue weighted by atomic mass is 19.1. The number of nitrogens with one attached hydrogen (secondary N) is 1. The number of benzene rings is 1. The third-order valence-electron chi connectivity index (χ3n) is 6.72. The van der Waals surface area contributed by atoms with Gasteiger partial charge < -0.3 is 14.5 Å². The second-order valence-electron chi connectivity index (χ2n) is 8.47. The van der Waals surface area contributed by atoms with Crippen LogP contribution in [0.25, 0.3) is 0 Å². The van der Waals surface area contributed by atoms with Gasteiger partial charge in [0.15, 0.2) is 5.76 Å². The van der Waals surface area contributed by atoms with E-state index in [0.29, 0.717) is 24.1 Å². The van der Waals surface area contributed by atoms with Crippen molar-refractivity contribution in [1.29, 1.82) is 0 Å². The maximum atomic E-state index is 13.5. The fourth-order valence-corrected chi connectivity index (χ4v) is 5.47. The van der Waals surface area contributed by atoms with Crippen molar-refractivity contribution in [3.05, 3.63) is 59.3 Å². The first-order chi connectivity index (χ1) is 13.5. The molecular formula is C22H25FN2O3. The molecule has 1 spiro atoms. The molecule has 4 heterocycles. The molecule has 3 saturated heterocycles. The minimum Gasteiger partial charge on any atom is -0.459 e. The molecule has 5 rings (SSSR count). The molecular weight excluding hydrogens is 359 g/mol. The van der Waals surface area contributed by atoms with Gasteiger partial charge in [0.05, 0.1) is 18.0 Å². The molecule has 3 fully saturated rings. The van der Waals surface area contributed by atoms with Crippen molar-refractivity contribution in [2.24, 2.45) is 11.8 Å². The molecule has 3 aliphatic heterocycles. The second kappa shape index (κ2) is 6.71. The number of hydrogen-bond donors (Lipinski definition) is 1. The van der Waals surface area contributed by atoms with Gasteiger partial charge in [-0.15, -0.1) is 0 Å². The maximum Gasteiger partial charge on any atom is 0.287 e. The summed E-state index contributed by atoms with van der Waals surface area (Å²) in [4.78, 5) is 14.8. The molecule has 5 nitrogen and oxygen atoms in total. The minimum atomic E-state index is -0.193. The number of aryl methyl sites for hydroxylation is 1. The van der Waals surface area contributed by atoms with Crippen molar-refractivity contribution in [3.8, 4) is 0 Å². The van der Waals surface area contributed by atoms with Crippen molar-refractivity contribution in [1.82, 2.24) is 10.2 Å². The van der Waals surface area contributed by atoms with Gasteiger partial charge in [0.2, 0.25) is 0 Å². The number of carbonyl (C=O) groups excluding carboxylic acids is 1. The highest BCUT2D eigenvalue weighted by Gasteiger charge is 2.62. The Morgan fingerprint density at radius 1 is 1.39 bits per heavy atom. The fourth-order valence-electron chi connectivity index (χ4n) is 5.47. The van der Waals surface area contributed by atoms with E-state index in [1.165, 1.54) is 6.07 Å². The van der Waals surface area contributed by atoms with E-state index in [2.05, 4.69) is 10.2 Å². The molecule has 0 radical (unpaired) electrons. The summed E-state index contributed by atoms with van der Waals surface area (Å²) in [6.45, 7) is 5.01. The predicted molar refractivity (Wildman–Crippen MR) is 101 cm³/mol. The molecule has 3 aliphatic rings. The summed E-state index contributed by atoms with van der Waals surface area (Å²) >= 11 is 0. The van der Waals surface area contributed by atoms with Gasteiger partial charge in [-0.3, -0.25) is 9.69 Å². The number of ether oxygens (including phenoxy) is 1. The van der Waals surface area contributed by atoms with E-state index in [9.17, 15) is 9.18 Å². The largest absolute Gasteiger partial charge is 0.459 e. The molecule has 0 aliphatic carbocycles. The van der Waals surface area contributed by atoms with E-state index in [4.69, 9.17) is 9.15 Å². The second-order valence-corrected chi connectivity index (χ2v) is 8.47. The zero-order chi connectivity index (χ0) is 19.3. The molecule has 1 aromatic heterocycles. The van der Waals surface area contributed by atoms with Crippen LogP contribution < -0.4 is 5.32 Å². The van der Waals surface area contributed by atoms with Crippen molar-refractivity contribution in [2.75, 3.05) is 19.6 Å². The molecule has 0 unspecified atom stereocenters. The predicted octanol–water partition coefficient (Wildman–Crippen LogP) is 3.14. The Bertz CT molecular complexity index is 897. The normalized spacial score (nSPS) is 31.3. The monoisotopic (exact) mass is 384 g/mol. The van der Waals surface area contributed by atoms with Crippen LogP contribution in [0.2, 0.25) is 0 Å². The molecule has 0 saturated carbocycles. The lowest BCUT2D eigenvalue weighted by atomic mass is 9.73. The summed E-state index contributed by atoms with van der Waals surface area (Å²) in [5.74, 6) is 0.746. The van der Waals surface area contributed by atoms with Crippen LogP contribution in [-0.2, 0) is 11.3 Å². The van der Waals surface area contributed by atoms with E-state index in [1.54, 1.807) is 24.5 Å². The zero-order valence-corrected chi connectivity index (χ0v) is 16.0. The van der Waals surface area contributed by atoms with Crippen molar-refractivity contribution in [2.45, 2.75) is 38.0 Å². The number of amides is 1. The van der Waals surface area contributed by atoms with Gasteiger partial charge in [-0.1, -0.05) is 12.1 Å². The van der Waals surface area contributed by atoms with Gasteiger partial charge in [0, 0.05) is 43.6 Å². The summed E-state index contributed by atoms with van der Waals surface area (Å²) in [7, 11) is 0. The quantitative estimate of drug-likeness (QED) is 0.861. The summed E-state index contributed by atoms with van der Waals surface area (Å²) in [5.41, 5.74) is 1.73.